The molecule has 0 unspecified atom stereocenters. The van der Waals surface area contributed by atoms with Gasteiger partial charge >= 0.3 is 0 Å². The van der Waals surface area contributed by atoms with E-state index in [0.717, 1.165) is 39.6 Å². The second kappa shape index (κ2) is 14.9. The molecule has 11 aromatic carbocycles. The van der Waals surface area contributed by atoms with Crippen LogP contribution in [-0.2, 0) is 5.41 Å². The van der Waals surface area contributed by atoms with Gasteiger partial charge in [0.25, 0.3) is 0 Å². The molecule has 3 heteroatoms. The van der Waals surface area contributed by atoms with Crippen LogP contribution in [0.25, 0.3) is 88.4 Å². The van der Waals surface area contributed by atoms with E-state index in [1.54, 1.807) is 0 Å². The minimum atomic E-state index is -0.468. The Labute approximate surface area is 406 Å². The molecule has 0 saturated carbocycles. The molecule has 0 atom stereocenters. The predicted molar refractivity (Wildman–Crippen MR) is 292 cm³/mol. The molecule has 13 aromatic rings. The van der Waals surface area contributed by atoms with E-state index in [1.165, 1.54) is 88.1 Å². The average Bonchev–Trinajstić information content (AvgIpc) is 4.14. The van der Waals surface area contributed by atoms with Crippen LogP contribution >= 0.6 is 0 Å². The SMILES string of the molecule is c1ccc(N(c2ccc3c(c2)C2(c4ccccc4-c4ccccc42)c2ccccc2-3)c2cc(-c3ccc4c(c3)c3ccccc3n4-c3ccccc3)c3c(c2)c2ccccc2n3-c2ccccc2)cc1. The fourth-order valence-electron chi connectivity index (χ4n) is 12.5. The van der Waals surface area contributed by atoms with Crippen LogP contribution in [0.1, 0.15) is 22.3 Å². The molecular weight excluding hydrogens is 847 g/mol. The van der Waals surface area contributed by atoms with Crippen molar-refractivity contribution in [2.24, 2.45) is 0 Å². The number of anilines is 3. The third-order valence-electron chi connectivity index (χ3n) is 15.3. The van der Waals surface area contributed by atoms with Crippen molar-refractivity contribution in [3.05, 3.63) is 283 Å². The van der Waals surface area contributed by atoms with Crippen LogP contribution in [0.5, 0.6) is 0 Å². The van der Waals surface area contributed by atoms with Crippen molar-refractivity contribution in [2.75, 3.05) is 4.90 Å². The summed E-state index contributed by atoms with van der Waals surface area (Å²) in [5.41, 5.74) is 22.7. The Hall–Kier alpha value is -9.18. The zero-order chi connectivity index (χ0) is 45.9. The molecule has 0 N–H and O–H groups in total. The van der Waals surface area contributed by atoms with Gasteiger partial charge in [0, 0.05) is 55.5 Å². The smallest absolute Gasteiger partial charge is 0.0726 e. The summed E-state index contributed by atoms with van der Waals surface area (Å²) in [5, 5.41) is 4.86. The van der Waals surface area contributed by atoms with Crippen molar-refractivity contribution in [2.45, 2.75) is 5.41 Å². The van der Waals surface area contributed by atoms with Crippen LogP contribution in [-0.4, -0.2) is 9.13 Å². The van der Waals surface area contributed by atoms with Gasteiger partial charge in [-0.3, -0.25) is 0 Å². The average molecular weight is 890 g/mol. The van der Waals surface area contributed by atoms with Crippen molar-refractivity contribution >= 4 is 60.7 Å². The number of fused-ring (bicyclic) bond motifs is 16. The van der Waals surface area contributed by atoms with Crippen LogP contribution in [0.3, 0.4) is 0 Å². The molecule has 0 amide bonds. The van der Waals surface area contributed by atoms with Gasteiger partial charge < -0.3 is 14.0 Å². The highest BCUT2D eigenvalue weighted by atomic mass is 15.1. The van der Waals surface area contributed by atoms with Crippen LogP contribution in [0.2, 0.25) is 0 Å². The standard InChI is InChI=1S/C67H43N3/c1-4-20-45(21-5-1)68(48-37-38-53-52-28-12-17-33-61(52)67(62(53)43-48)59-31-15-10-26-50(59)51-27-11-16-32-60(51)67)49-41-56(66-58(42-49)55-30-14-19-35-64(55)70(66)47-24-8-3-9-25-47)44-36-39-65-57(40-44)54-29-13-18-34-63(54)69(65)46-22-6-2-7-23-46/h1-43H. The zero-order valence-electron chi connectivity index (χ0n) is 38.2. The minimum Gasteiger partial charge on any atom is -0.310 e. The van der Waals surface area contributed by atoms with E-state index < -0.39 is 5.41 Å². The van der Waals surface area contributed by atoms with E-state index in [1.807, 2.05) is 0 Å². The zero-order valence-corrected chi connectivity index (χ0v) is 38.2. The first-order chi connectivity index (χ1) is 34.8. The highest BCUT2D eigenvalue weighted by Gasteiger charge is 2.51. The molecule has 70 heavy (non-hydrogen) atoms. The number of aromatic nitrogens is 2. The molecule has 0 bridgehead atoms. The van der Waals surface area contributed by atoms with E-state index >= 15 is 0 Å². The third kappa shape index (κ3) is 5.34. The van der Waals surface area contributed by atoms with Gasteiger partial charge in [0.2, 0.25) is 0 Å². The largest absolute Gasteiger partial charge is 0.310 e. The van der Waals surface area contributed by atoms with E-state index in [0.29, 0.717) is 0 Å². The lowest BCUT2D eigenvalue weighted by Gasteiger charge is -2.32. The highest BCUT2D eigenvalue weighted by Crippen LogP contribution is 2.63. The van der Waals surface area contributed by atoms with Crippen molar-refractivity contribution in [3.63, 3.8) is 0 Å². The topological polar surface area (TPSA) is 13.1 Å². The lowest BCUT2D eigenvalue weighted by molar-refractivity contribution is 0.793. The van der Waals surface area contributed by atoms with E-state index in [-0.39, 0.29) is 0 Å². The summed E-state index contributed by atoms with van der Waals surface area (Å²) in [6.07, 6.45) is 0. The maximum atomic E-state index is 2.50. The number of para-hydroxylation sites is 5. The molecular formula is C67H43N3. The number of nitrogens with zero attached hydrogens (tertiary/aromatic N) is 3. The number of rotatable bonds is 6. The Morgan fingerprint density at radius 2 is 0.757 bits per heavy atom. The van der Waals surface area contributed by atoms with Crippen LogP contribution < -0.4 is 4.90 Å². The summed E-state index contributed by atoms with van der Waals surface area (Å²) in [7, 11) is 0. The number of hydrogen-bond acceptors (Lipinski definition) is 1. The molecule has 0 radical (unpaired) electrons. The van der Waals surface area contributed by atoms with Gasteiger partial charge in [-0.15, -0.1) is 0 Å². The van der Waals surface area contributed by atoms with Crippen molar-refractivity contribution in [3.8, 4) is 44.8 Å². The molecule has 0 saturated heterocycles. The third-order valence-corrected chi connectivity index (χ3v) is 15.3. The Kier molecular flexibility index (Phi) is 8.28. The van der Waals surface area contributed by atoms with Gasteiger partial charge in [0.05, 0.1) is 27.5 Å². The molecule has 15 rings (SSSR count). The Morgan fingerprint density at radius 3 is 1.39 bits per heavy atom. The maximum Gasteiger partial charge on any atom is 0.0726 e. The first-order valence-corrected chi connectivity index (χ1v) is 24.3. The second-order valence-corrected chi connectivity index (χ2v) is 18.8. The van der Waals surface area contributed by atoms with Gasteiger partial charge in [-0.05, 0) is 135 Å². The molecule has 0 fully saturated rings. The second-order valence-electron chi connectivity index (χ2n) is 18.8. The Bertz CT molecular complexity index is 4170. The lowest BCUT2D eigenvalue weighted by Crippen LogP contribution is -2.26. The highest BCUT2D eigenvalue weighted by molar-refractivity contribution is 6.17. The minimum absolute atomic E-state index is 0.468. The van der Waals surface area contributed by atoms with Crippen LogP contribution in [0, 0.1) is 0 Å². The fourth-order valence-corrected chi connectivity index (χ4v) is 12.5. The molecule has 326 valence electrons. The van der Waals surface area contributed by atoms with E-state index in [4.69, 9.17) is 0 Å². The van der Waals surface area contributed by atoms with Crippen molar-refractivity contribution < 1.29 is 0 Å². The summed E-state index contributed by atoms with van der Waals surface area (Å²) in [6.45, 7) is 0. The molecule has 2 aliphatic rings. The number of benzene rings is 11. The van der Waals surface area contributed by atoms with E-state index in [2.05, 4.69) is 275 Å². The summed E-state index contributed by atoms with van der Waals surface area (Å²) >= 11 is 0. The molecule has 2 aliphatic carbocycles. The first-order valence-electron chi connectivity index (χ1n) is 24.3. The molecule has 2 aromatic heterocycles. The monoisotopic (exact) mass is 889 g/mol. The van der Waals surface area contributed by atoms with Crippen molar-refractivity contribution in [1.29, 1.82) is 0 Å². The van der Waals surface area contributed by atoms with Gasteiger partial charge in [-0.2, -0.15) is 0 Å². The quantitative estimate of drug-likeness (QED) is 0.162. The summed E-state index contributed by atoms with van der Waals surface area (Å²) < 4.78 is 4.87. The maximum absolute atomic E-state index is 2.50. The predicted octanol–water partition coefficient (Wildman–Crippen LogP) is 17.4. The van der Waals surface area contributed by atoms with Crippen LogP contribution in [0.4, 0.5) is 17.1 Å². The van der Waals surface area contributed by atoms with E-state index in [9.17, 15) is 0 Å². The van der Waals surface area contributed by atoms with Crippen molar-refractivity contribution in [1.82, 2.24) is 9.13 Å². The summed E-state index contributed by atoms with van der Waals surface area (Å²) in [5.74, 6) is 0. The van der Waals surface area contributed by atoms with Gasteiger partial charge in [0.1, 0.15) is 0 Å². The van der Waals surface area contributed by atoms with Gasteiger partial charge in [0.15, 0.2) is 0 Å². The first kappa shape index (κ1) is 38.9. The normalized spacial score (nSPS) is 13.0. The van der Waals surface area contributed by atoms with Gasteiger partial charge in [-0.25, -0.2) is 0 Å². The molecule has 3 nitrogen and oxygen atoms in total. The molecule has 0 aliphatic heterocycles. The molecule has 1 spiro atoms. The lowest BCUT2D eigenvalue weighted by atomic mass is 9.70. The number of hydrogen-bond donors (Lipinski definition) is 0. The fraction of sp³-hybridized carbons (Fsp3) is 0.0149. The van der Waals surface area contributed by atoms with Gasteiger partial charge in [-0.1, -0.05) is 176 Å². The Morgan fingerprint density at radius 1 is 0.271 bits per heavy atom. The molecule has 2 heterocycles. The van der Waals surface area contributed by atoms with Crippen LogP contribution in [0.15, 0.2) is 261 Å². The summed E-state index contributed by atoms with van der Waals surface area (Å²) in [6, 6.07) is 96.7. The summed E-state index contributed by atoms with van der Waals surface area (Å²) in [4.78, 5) is 2.49. The Balaban J connectivity index is 1.03.